The average molecular weight is 285 g/mol. The molecule has 0 fully saturated rings. The van der Waals surface area contributed by atoms with E-state index in [2.05, 4.69) is 6.07 Å². The summed E-state index contributed by atoms with van der Waals surface area (Å²) in [5.41, 5.74) is 1.60. The summed E-state index contributed by atoms with van der Waals surface area (Å²) < 4.78 is 10.9. The van der Waals surface area contributed by atoms with E-state index in [4.69, 9.17) is 9.47 Å². The highest BCUT2D eigenvalue weighted by Gasteiger charge is 2.09. The number of thioether (sulfide) groups is 1. The molecule has 0 atom stereocenters. The van der Waals surface area contributed by atoms with E-state index in [0.717, 1.165) is 10.5 Å². The molecule has 0 saturated carbocycles. The zero-order valence-corrected chi connectivity index (χ0v) is 12.2. The number of nitriles is 1. The average Bonchev–Trinajstić information content (AvgIpc) is 2.47. The first-order valence-electron chi connectivity index (χ1n) is 6.11. The summed E-state index contributed by atoms with van der Waals surface area (Å²) in [6.45, 7) is 0.535. The van der Waals surface area contributed by atoms with E-state index in [0.29, 0.717) is 23.7 Å². The van der Waals surface area contributed by atoms with Gasteiger partial charge in [-0.3, -0.25) is 0 Å². The third-order valence-corrected chi connectivity index (χ3v) is 3.54. The zero-order valence-electron chi connectivity index (χ0n) is 11.4. The minimum Gasteiger partial charge on any atom is -0.456 e. The van der Waals surface area contributed by atoms with Crippen molar-refractivity contribution in [3.05, 3.63) is 53.6 Å². The van der Waals surface area contributed by atoms with Crippen LogP contribution in [0.25, 0.3) is 0 Å². The second-order valence-corrected chi connectivity index (χ2v) is 4.98. The lowest BCUT2D eigenvalue weighted by Gasteiger charge is -2.10. The maximum atomic E-state index is 9.28. The highest BCUT2D eigenvalue weighted by atomic mass is 32.2. The van der Waals surface area contributed by atoms with Crippen LogP contribution >= 0.6 is 11.8 Å². The molecule has 2 aromatic rings. The summed E-state index contributed by atoms with van der Waals surface area (Å²) in [6.07, 6.45) is 1.94. The molecular formula is C16H15NO2S. The highest BCUT2D eigenvalue weighted by molar-refractivity contribution is 7.98. The Bertz CT molecular complexity index is 635. The molecule has 4 heteroatoms. The summed E-state index contributed by atoms with van der Waals surface area (Å²) >= 11 is 1.53. The minimum atomic E-state index is 0.535. The molecule has 0 bridgehead atoms. The van der Waals surface area contributed by atoms with E-state index >= 15 is 0 Å². The van der Waals surface area contributed by atoms with Gasteiger partial charge in [-0.15, -0.1) is 11.8 Å². The Hall–Kier alpha value is -1.96. The molecule has 20 heavy (non-hydrogen) atoms. The van der Waals surface area contributed by atoms with Crippen LogP contribution in [0.3, 0.4) is 0 Å². The molecule has 0 unspecified atom stereocenters. The second-order valence-electron chi connectivity index (χ2n) is 4.13. The third kappa shape index (κ3) is 3.32. The van der Waals surface area contributed by atoms with Crippen molar-refractivity contribution >= 4 is 11.8 Å². The summed E-state index contributed by atoms with van der Waals surface area (Å²) in [6, 6.07) is 15.5. The number of hydrogen-bond acceptors (Lipinski definition) is 4. The molecule has 0 amide bonds. The second kappa shape index (κ2) is 6.99. The Labute approximate surface area is 123 Å². The number of hydrogen-bond donors (Lipinski definition) is 0. The quantitative estimate of drug-likeness (QED) is 0.771. The van der Waals surface area contributed by atoms with E-state index in [-0.39, 0.29) is 0 Å². The summed E-state index contributed by atoms with van der Waals surface area (Å²) in [7, 11) is 1.66. The van der Waals surface area contributed by atoms with Crippen LogP contribution in [0.15, 0.2) is 47.4 Å². The van der Waals surface area contributed by atoms with Gasteiger partial charge < -0.3 is 9.47 Å². The molecule has 0 aromatic heterocycles. The van der Waals surface area contributed by atoms with Crippen LogP contribution in [0.4, 0.5) is 0 Å². The molecular weight excluding hydrogens is 270 g/mol. The van der Waals surface area contributed by atoms with Gasteiger partial charge in [0.05, 0.1) is 6.61 Å². The lowest BCUT2D eigenvalue weighted by Crippen LogP contribution is -1.92. The Morgan fingerprint density at radius 2 is 2.00 bits per heavy atom. The first-order chi connectivity index (χ1) is 9.78. The molecule has 0 aliphatic rings. The van der Waals surface area contributed by atoms with Crippen LogP contribution in [0, 0.1) is 11.3 Å². The van der Waals surface area contributed by atoms with Crippen molar-refractivity contribution in [1.29, 1.82) is 5.26 Å². The minimum absolute atomic E-state index is 0.535. The summed E-state index contributed by atoms with van der Waals surface area (Å²) in [5, 5.41) is 9.28. The first-order valence-corrected chi connectivity index (χ1v) is 7.33. The lowest BCUT2D eigenvalue weighted by molar-refractivity contribution is 0.184. The van der Waals surface area contributed by atoms with Crippen molar-refractivity contribution in [2.45, 2.75) is 11.5 Å². The SMILES string of the molecule is COCc1cccc(Oc2cccc(SC)c2C#N)c1. The highest BCUT2D eigenvalue weighted by Crippen LogP contribution is 2.31. The number of ether oxygens (including phenoxy) is 2. The van der Waals surface area contributed by atoms with Crippen molar-refractivity contribution in [2.75, 3.05) is 13.4 Å². The molecule has 2 aromatic carbocycles. The largest absolute Gasteiger partial charge is 0.456 e. The molecule has 0 heterocycles. The fraction of sp³-hybridized carbons (Fsp3) is 0.188. The maximum Gasteiger partial charge on any atom is 0.146 e. The van der Waals surface area contributed by atoms with E-state index < -0.39 is 0 Å². The van der Waals surface area contributed by atoms with Gasteiger partial charge in [-0.05, 0) is 36.1 Å². The Balaban J connectivity index is 2.30. The molecule has 0 N–H and O–H groups in total. The van der Waals surface area contributed by atoms with Crippen LogP contribution < -0.4 is 4.74 Å². The van der Waals surface area contributed by atoms with Crippen molar-refractivity contribution < 1.29 is 9.47 Å². The van der Waals surface area contributed by atoms with Crippen LogP contribution in [-0.4, -0.2) is 13.4 Å². The van der Waals surface area contributed by atoms with Crippen LogP contribution in [0.2, 0.25) is 0 Å². The van der Waals surface area contributed by atoms with Gasteiger partial charge in [-0.2, -0.15) is 5.26 Å². The van der Waals surface area contributed by atoms with Crippen LogP contribution in [0.5, 0.6) is 11.5 Å². The van der Waals surface area contributed by atoms with Crippen molar-refractivity contribution in [2.24, 2.45) is 0 Å². The summed E-state index contributed by atoms with van der Waals surface area (Å²) in [4.78, 5) is 0.915. The number of benzene rings is 2. The Kier molecular flexibility index (Phi) is 5.05. The van der Waals surface area contributed by atoms with Gasteiger partial charge >= 0.3 is 0 Å². The fourth-order valence-electron chi connectivity index (χ4n) is 1.87. The molecule has 0 spiro atoms. The first kappa shape index (κ1) is 14.4. The number of methoxy groups -OCH3 is 1. The predicted molar refractivity (Wildman–Crippen MR) is 80.2 cm³/mol. The lowest BCUT2D eigenvalue weighted by atomic mass is 10.2. The monoisotopic (exact) mass is 285 g/mol. The van der Waals surface area contributed by atoms with Gasteiger partial charge in [0.1, 0.15) is 23.1 Å². The molecule has 0 saturated heterocycles. The summed E-state index contributed by atoms with van der Waals surface area (Å²) in [5.74, 6) is 1.28. The Morgan fingerprint density at radius 1 is 1.20 bits per heavy atom. The zero-order chi connectivity index (χ0) is 14.4. The van der Waals surface area contributed by atoms with Gasteiger partial charge in [0.25, 0.3) is 0 Å². The van der Waals surface area contributed by atoms with Gasteiger partial charge in [0, 0.05) is 12.0 Å². The van der Waals surface area contributed by atoms with Gasteiger partial charge in [0.15, 0.2) is 0 Å². The van der Waals surface area contributed by atoms with Crippen LogP contribution in [0.1, 0.15) is 11.1 Å². The standard InChI is InChI=1S/C16H15NO2S/c1-18-11-12-5-3-6-13(9-12)19-15-7-4-8-16(20-2)14(15)10-17/h3-9H,11H2,1-2H3. The predicted octanol–water partition coefficient (Wildman–Crippen LogP) is 4.22. The molecule has 2 rings (SSSR count). The molecule has 0 aliphatic heterocycles. The van der Waals surface area contributed by atoms with E-state index in [9.17, 15) is 5.26 Å². The molecule has 0 aliphatic carbocycles. The van der Waals surface area contributed by atoms with Gasteiger partial charge in [-0.25, -0.2) is 0 Å². The number of rotatable bonds is 5. The van der Waals surface area contributed by atoms with E-state index in [1.165, 1.54) is 11.8 Å². The van der Waals surface area contributed by atoms with E-state index in [1.54, 1.807) is 13.2 Å². The smallest absolute Gasteiger partial charge is 0.146 e. The van der Waals surface area contributed by atoms with Crippen molar-refractivity contribution in [1.82, 2.24) is 0 Å². The number of nitrogens with zero attached hydrogens (tertiary/aromatic N) is 1. The molecule has 0 radical (unpaired) electrons. The van der Waals surface area contributed by atoms with Gasteiger partial charge in [0.2, 0.25) is 0 Å². The Morgan fingerprint density at radius 3 is 2.70 bits per heavy atom. The van der Waals surface area contributed by atoms with E-state index in [1.807, 2.05) is 42.7 Å². The topological polar surface area (TPSA) is 42.2 Å². The van der Waals surface area contributed by atoms with Gasteiger partial charge in [-0.1, -0.05) is 18.2 Å². The maximum absolute atomic E-state index is 9.28. The van der Waals surface area contributed by atoms with Crippen molar-refractivity contribution in [3.63, 3.8) is 0 Å². The molecule has 102 valence electrons. The fourth-order valence-corrected chi connectivity index (χ4v) is 2.43. The van der Waals surface area contributed by atoms with Crippen LogP contribution in [-0.2, 0) is 11.3 Å². The third-order valence-electron chi connectivity index (χ3n) is 2.76. The van der Waals surface area contributed by atoms with Crippen molar-refractivity contribution in [3.8, 4) is 17.6 Å². The normalized spacial score (nSPS) is 10.1. The molecule has 3 nitrogen and oxygen atoms in total.